The van der Waals surface area contributed by atoms with E-state index >= 15 is 0 Å². The Balaban J connectivity index is 2.46. The second-order valence-corrected chi connectivity index (χ2v) is 5.48. The van der Waals surface area contributed by atoms with Gasteiger partial charge in [-0.25, -0.2) is 0 Å². The zero-order valence-electron chi connectivity index (χ0n) is 12.7. The van der Waals surface area contributed by atoms with Crippen LogP contribution >= 0.6 is 11.6 Å². The zero-order valence-corrected chi connectivity index (χ0v) is 13.5. The van der Waals surface area contributed by atoms with E-state index in [1.54, 1.807) is 19.1 Å². The third-order valence-electron chi connectivity index (χ3n) is 3.45. The second-order valence-electron chi connectivity index (χ2n) is 5.07. The number of halogens is 1. The van der Waals surface area contributed by atoms with Crippen LogP contribution in [0.1, 0.15) is 21.5 Å². The van der Waals surface area contributed by atoms with Crippen molar-refractivity contribution >= 4 is 34.6 Å². The van der Waals surface area contributed by atoms with Crippen LogP contribution in [0.15, 0.2) is 30.3 Å². The fourth-order valence-electron chi connectivity index (χ4n) is 2.08. The number of rotatable bonds is 4. The molecule has 2 aromatic rings. The minimum absolute atomic E-state index is 0.0429. The Morgan fingerprint density at radius 3 is 2.29 bits per heavy atom. The lowest BCUT2D eigenvalue weighted by molar-refractivity contribution is -0.394. The van der Waals surface area contributed by atoms with Crippen LogP contribution in [0.4, 0.5) is 17.1 Å². The highest BCUT2D eigenvalue weighted by Gasteiger charge is 2.24. The van der Waals surface area contributed by atoms with E-state index in [-0.39, 0.29) is 11.1 Å². The lowest BCUT2D eigenvalue weighted by Crippen LogP contribution is -2.14. The van der Waals surface area contributed by atoms with Gasteiger partial charge in [0.1, 0.15) is 0 Å². The predicted octanol–water partition coefficient (Wildman–Crippen LogP) is 4.03. The molecule has 1 N–H and O–H groups in total. The van der Waals surface area contributed by atoms with Gasteiger partial charge in [-0.1, -0.05) is 17.7 Å². The maximum absolute atomic E-state index is 12.4. The molecule has 9 heteroatoms. The molecule has 0 atom stereocenters. The van der Waals surface area contributed by atoms with Crippen molar-refractivity contribution in [1.29, 1.82) is 0 Å². The normalized spacial score (nSPS) is 10.3. The Bertz CT molecular complexity index is 866. The van der Waals surface area contributed by atoms with E-state index in [1.165, 1.54) is 13.0 Å². The number of nitro benzene ring substituents is 2. The molecule has 0 spiro atoms. The number of aryl methyl sites for hydroxylation is 1. The van der Waals surface area contributed by atoms with Crippen LogP contribution < -0.4 is 5.32 Å². The number of carbonyl (C=O) groups excluding carboxylic acids is 1. The number of nitrogens with zero attached hydrogens (tertiary/aromatic N) is 2. The summed E-state index contributed by atoms with van der Waals surface area (Å²) in [7, 11) is 0. The molecule has 2 aromatic carbocycles. The van der Waals surface area contributed by atoms with Crippen molar-refractivity contribution in [3.05, 3.63) is 72.3 Å². The smallest absolute Gasteiger partial charge is 0.279 e. The van der Waals surface area contributed by atoms with Crippen LogP contribution in [0.3, 0.4) is 0 Å². The molecule has 8 nitrogen and oxygen atoms in total. The van der Waals surface area contributed by atoms with E-state index in [0.717, 1.165) is 17.7 Å². The Morgan fingerprint density at radius 2 is 1.75 bits per heavy atom. The van der Waals surface area contributed by atoms with Gasteiger partial charge in [-0.15, -0.1) is 0 Å². The molecule has 2 rings (SSSR count). The van der Waals surface area contributed by atoms with E-state index in [1.807, 2.05) is 0 Å². The van der Waals surface area contributed by atoms with Crippen molar-refractivity contribution in [2.75, 3.05) is 5.32 Å². The molecule has 0 saturated carbocycles. The monoisotopic (exact) mass is 349 g/mol. The first-order chi connectivity index (χ1) is 11.2. The lowest BCUT2D eigenvalue weighted by atomic mass is 10.0. The zero-order chi connectivity index (χ0) is 18.0. The van der Waals surface area contributed by atoms with Crippen molar-refractivity contribution in [2.45, 2.75) is 13.8 Å². The number of hydrogen-bond donors (Lipinski definition) is 1. The molecule has 0 aliphatic rings. The summed E-state index contributed by atoms with van der Waals surface area (Å²) in [4.78, 5) is 32.8. The number of anilines is 1. The van der Waals surface area contributed by atoms with Gasteiger partial charge < -0.3 is 5.32 Å². The number of hydrogen-bond acceptors (Lipinski definition) is 5. The SMILES string of the molecule is Cc1ccc(NC(=O)c2cc([N+](=O)[O-])cc([N+](=O)[O-])c2C)cc1Cl. The summed E-state index contributed by atoms with van der Waals surface area (Å²) in [5.74, 6) is -0.695. The van der Waals surface area contributed by atoms with E-state index in [4.69, 9.17) is 11.6 Å². The van der Waals surface area contributed by atoms with Gasteiger partial charge in [0.05, 0.1) is 21.5 Å². The van der Waals surface area contributed by atoms with Crippen molar-refractivity contribution in [3.8, 4) is 0 Å². The first-order valence-electron chi connectivity index (χ1n) is 6.71. The molecule has 124 valence electrons. The fraction of sp³-hybridized carbons (Fsp3) is 0.133. The summed E-state index contributed by atoms with van der Waals surface area (Å²) in [5.41, 5.74) is 0.0746. The Labute approximate surface area is 141 Å². The highest BCUT2D eigenvalue weighted by atomic mass is 35.5. The Morgan fingerprint density at radius 1 is 1.08 bits per heavy atom. The molecule has 1 amide bonds. The van der Waals surface area contributed by atoms with E-state index < -0.39 is 27.1 Å². The van der Waals surface area contributed by atoms with Gasteiger partial charge in [0.25, 0.3) is 17.3 Å². The Kier molecular flexibility index (Phi) is 4.79. The van der Waals surface area contributed by atoms with Gasteiger partial charge in [-0.2, -0.15) is 0 Å². The summed E-state index contributed by atoms with van der Waals surface area (Å²) in [6.45, 7) is 3.15. The number of carbonyl (C=O) groups is 1. The second kappa shape index (κ2) is 6.63. The van der Waals surface area contributed by atoms with Gasteiger partial charge >= 0.3 is 0 Å². The van der Waals surface area contributed by atoms with Crippen LogP contribution in [0.2, 0.25) is 5.02 Å². The van der Waals surface area contributed by atoms with E-state index in [2.05, 4.69) is 5.32 Å². The molecule has 0 unspecified atom stereocenters. The largest absolute Gasteiger partial charge is 0.322 e. The number of amides is 1. The molecule has 0 radical (unpaired) electrons. The molecule has 0 aliphatic heterocycles. The summed E-state index contributed by atoms with van der Waals surface area (Å²) < 4.78 is 0. The fourth-order valence-corrected chi connectivity index (χ4v) is 2.26. The molecule has 0 bridgehead atoms. The molecular weight excluding hydrogens is 338 g/mol. The first kappa shape index (κ1) is 17.4. The van der Waals surface area contributed by atoms with Gasteiger partial charge in [0.2, 0.25) is 0 Å². The van der Waals surface area contributed by atoms with Crippen molar-refractivity contribution < 1.29 is 14.6 Å². The molecule has 0 aromatic heterocycles. The summed E-state index contributed by atoms with van der Waals surface area (Å²) in [5, 5.41) is 25.0. The molecule has 24 heavy (non-hydrogen) atoms. The molecule has 0 aliphatic carbocycles. The Hall–Kier alpha value is -3.00. The highest BCUT2D eigenvalue weighted by Crippen LogP contribution is 2.29. The number of non-ortho nitro benzene ring substituents is 1. The minimum Gasteiger partial charge on any atom is -0.322 e. The average molecular weight is 350 g/mol. The van der Waals surface area contributed by atoms with Crippen LogP contribution in [-0.2, 0) is 0 Å². The predicted molar refractivity (Wildman–Crippen MR) is 88.6 cm³/mol. The quantitative estimate of drug-likeness (QED) is 0.660. The van der Waals surface area contributed by atoms with Gasteiger partial charge in [0, 0.05) is 22.3 Å². The van der Waals surface area contributed by atoms with Crippen LogP contribution in [0.25, 0.3) is 0 Å². The third kappa shape index (κ3) is 3.49. The summed E-state index contributed by atoms with van der Waals surface area (Å²) >= 11 is 5.98. The maximum Gasteiger partial charge on any atom is 0.279 e. The molecule has 0 saturated heterocycles. The lowest BCUT2D eigenvalue weighted by Gasteiger charge is -2.09. The molecule has 0 heterocycles. The standard InChI is InChI=1S/C15H12ClN3O5/c1-8-3-4-10(5-13(8)16)17-15(20)12-6-11(18(21)22)7-14(9(12)2)19(23)24/h3-7H,1-2H3,(H,17,20). The molecule has 0 fully saturated rings. The van der Waals surface area contributed by atoms with E-state index in [9.17, 15) is 25.0 Å². The van der Waals surface area contributed by atoms with Crippen molar-refractivity contribution in [2.24, 2.45) is 0 Å². The van der Waals surface area contributed by atoms with Crippen molar-refractivity contribution in [1.82, 2.24) is 0 Å². The average Bonchev–Trinajstić information content (AvgIpc) is 2.50. The summed E-state index contributed by atoms with van der Waals surface area (Å²) in [6, 6.07) is 6.67. The van der Waals surface area contributed by atoms with Gasteiger partial charge in [-0.05, 0) is 31.5 Å². The number of nitro groups is 2. The number of benzene rings is 2. The maximum atomic E-state index is 12.4. The third-order valence-corrected chi connectivity index (χ3v) is 3.85. The first-order valence-corrected chi connectivity index (χ1v) is 7.09. The van der Waals surface area contributed by atoms with Gasteiger partial charge in [0.15, 0.2) is 0 Å². The topological polar surface area (TPSA) is 115 Å². The van der Waals surface area contributed by atoms with E-state index in [0.29, 0.717) is 10.7 Å². The van der Waals surface area contributed by atoms with Crippen LogP contribution in [-0.4, -0.2) is 15.8 Å². The van der Waals surface area contributed by atoms with Gasteiger partial charge in [-0.3, -0.25) is 25.0 Å². The molecular formula is C15H12ClN3O5. The van der Waals surface area contributed by atoms with Crippen molar-refractivity contribution in [3.63, 3.8) is 0 Å². The number of nitrogens with one attached hydrogen (secondary N) is 1. The van der Waals surface area contributed by atoms with Crippen LogP contribution in [0, 0.1) is 34.1 Å². The highest BCUT2D eigenvalue weighted by molar-refractivity contribution is 6.31. The summed E-state index contributed by atoms with van der Waals surface area (Å²) in [6.07, 6.45) is 0. The van der Waals surface area contributed by atoms with Crippen LogP contribution in [0.5, 0.6) is 0 Å². The minimum atomic E-state index is -0.786.